The highest BCUT2D eigenvalue weighted by Crippen LogP contribution is 2.28. The minimum atomic E-state index is -0.609. The minimum absolute atomic E-state index is 0.00867. The molecule has 2 rings (SSSR count). The predicted molar refractivity (Wildman–Crippen MR) is 94.7 cm³/mol. The molecule has 1 N–H and O–H groups in total. The molecule has 0 aliphatic heterocycles. The first-order chi connectivity index (χ1) is 12.4. The second-order valence-electron chi connectivity index (χ2n) is 4.95. The Morgan fingerprint density at radius 2 is 2.08 bits per heavy atom. The third-order valence-electron chi connectivity index (χ3n) is 3.12. The normalized spacial score (nSPS) is 10.2. The van der Waals surface area contributed by atoms with E-state index in [1.54, 1.807) is 19.2 Å². The summed E-state index contributed by atoms with van der Waals surface area (Å²) in [5.74, 6) is -0.856. The van der Waals surface area contributed by atoms with E-state index in [0.29, 0.717) is 5.69 Å². The molecule has 0 bridgehead atoms. The number of nitrogens with one attached hydrogen (secondary N) is 1. The zero-order valence-corrected chi connectivity index (χ0v) is 15.0. The number of thiazole rings is 1. The van der Waals surface area contributed by atoms with Crippen molar-refractivity contribution >= 4 is 34.0 Å². The van der Waals surface area contributed by atoms with Gasteiger partial charge in [0.1, 0.15) is 0 Å². The predicted octanol–water partition coefficient (Wildman–Crippen LogP) is 2.81. The number of ether oxygens (including phenoxy) is 2. The van der Waals surface area contributed by atoms with Crippen molar-refractivity contribution in [2.24, 2.45) is 0 Å². The van der Waals surface area contributed by atoms with Gasteiger partial charge in [0.25, 0.3) is 5.91 Å². The molecule has 0 atom stereocenters. The number of carbonyl (C=O) groups is 2. The van der Waals surface area contributed by atoms with Gasteiger partial charge in [0.15, 0.2) is 10.9 Å². The Hall–Kier alpha value is -3.01. The molecule has 1 heterocycles. The lowest BCUT2D eigenvalue weighted by Crippen LogP contribution is -2.13. The van der Waals surface area contributed by atoms with Crippen LogP contribution in [0.15, 0.2) is 23.6 Å². The summed E-state index contributed by atoms with van der Waals surface area (Å²) in [6.45, 7) is 3.97. The first-order valence-electron chi connectivity index (χ1n) is 7.77. The van der Waals surface area contributed by atoms with E-state index in [2.05, 4.69) is 10.3 Å². The summed E-state index contributed by atoms with van der Waals surface area (Å²) in [5.41, 5.74) is 0.283. The largest absolute Gasteiger partial charge is 0.487 e. The summed E-state index contributed by atoms with van der Waals surface area (Å²) >= 11 is 1.14. The van der Waals surface area contributed by atoms with Crippen LogP contribution in [0.2, 0.25) is 0 Å². The summed E-state index contributed by atoms with van der Waals surface area (Å²) in [7, 11) is 0. The van der Waals surface area contributed by atoms with Crippen LogP contribution in [0.3, 0.4) is 0 Å². The van der Waals surface area contributed by atoms with Gasteiger partial charge in [-0.15, -0.1) is 11.3 Å². The first-order valence-corrected chi connectivity index (χ1v) is 8.65. The smallest absolute Gasteiger partial charge is 0.311 e. The Morgan fingerprint density at radius 3 is 2.73 bits per heavy atom. The molecule has 0 aliphatic carbocycles. The zero-order valence-electron chi connectivity index (χ0n) is 14.2. The standard InChI is InChI=1S/C16H17N3O6S/c1-3-24-13-6-5-10(7-12(13)19(22)23)15(21)18-16-17-11(9-26-16)8-14(20)25-4-2/h5-7,9H,3-4,8H2,1-2H3,(H,17,18,21). The van der Waals surface area contributed by atoms with Crippen molar-refractivity contribution in [1.29, 1.82) is 0 Å². The van der Waals surface area contributed by atoms with Gasteiger partial charge in [-0.3, -0.25) is 25.0 Å². The Kier molecular flexibility index (Phi) is 6.61. The van der Waals surface area contributed by atoms with E-state index in [0.717, 1.165) is 17.4 Å². The lowest BCUT2D eigenvalue weighted by molar-refractivity contribution is -0.385. The quantitative estimate of drug-likeness (QED) is 0.425. The molecule has 0 spiro atoms. The van der Waals surface area contributed by atoms with E-state index in [-0.39, 0.29) is 41.8 Å². The molecule has 1 aromatic heterocycles. The summed E-state index contributed by atoms with van der Waals surface area (Å²) in [6.07, 6.45) is 0.00867. The fourth-order valence-electron chi connectivity index (χ4n) is 2.05. The molecule has 1 aromatic carbocycles. The van der Waals surface area contributed by atoms with Gasteiger partial charge in [-0.1, -0.05) is 0 Å². The van der Waals surface area contributed by atoms with E-state index >= 15 is 0 Å². The summed E-state index contributed by atoms with van der Waals surface area (Å²) in [5, 5.41) is 15.6. The summed E-state index contributed by atoms with van der Waals surface area (Å²) in [4.78, 5) is 38.4. The van der Waals surface area contributed by atoms with Crippen molar-refractivity contribution in [2.45, 2.75) is 20.3 Å². The van der Waals surface area contributed by atoms with Crippen molar-refractivity contribution in [3.05, 3.63) is 45.0 Å². The Bertz CT molecular complexity index is 820. The molecule has 0 fully saturated rings. The van der Waals surface area contributed by atoms with Gasteiger partial charge < -0.3 is 9.47 Å². The minimum Gasteiger partial charge on any atom is -0.487 e. The lowest BCUT2D eigenvalue weighted by Gasteiger charge is -2.06. The molecule has 0 radical (unpaired) electrons. The number of nitro groups is 1. The van der Waals surface area contributed by atoms with Crippen LogP contribution in [0.1, 0.15) is 29.9 Å². The average molecular weight is 379 g/mol. The van der Waals surface area contributed by atoms with Crippen LogP contribution in [0.25, 0.3) is 0 Å². The van der Waals surface area contributed by atoms with E-state index in [1.807, 2.05) is 0 Å². The third-order valence-corrected chi connectivity index (χ3v) is 3.93. The SMILES string of the molecule is CCOC(=O)Cc1csc(NC(=O)c2ccc(OCC)c([N+](=O)[O-])c2)n1. The van der Waals surface area contributed by atoms with E-state index in [4.69, 9.17) is 9.47 Å². The molecule has 26 heavy (non-hydrogen) atoms. The van der Waals surface area contributed by atoms with Crippen molar-refractivity contribution < 1.29 is 24.0 Å². The number of hydrogen-bond donors (Lipinski definition) is 1. The second kappa shape index (κ2) is 8.90. The summed E-state index contributed by atoms with van der Waals surface area (Å²) in [6, 6.07) is 3.96. The van der Waals surface area contributed by atoms with E-state index in [1.165, 1.54) is 12.1 Å². The van der Waals surface area contributed by atoms with Gasteiger partial charge in [-0.05, 0) is 26.0 Å². The number of amides is 1. The fraction of sp³-hybridized carbons (Fsp3) is 0.312. The highest BCUT2D eigenvalue weighted by atomic mass is 32.1. The molecule has 0 saturated heterocycles. The molecule has 138 valence electrons. The number of nitrogens with zero attached hydrogens (tertiary/aromatic N) is 2. The van der Waals surface area contributed by atoms with Gasteiger partial charge in [-0.2, -0.15) is 0 Å². The van der Waals surface area contributed by atoms with Crippen LogP contribution in [0.4, 0.5) is 10.8 Å². The Balaban J connectivity index is 2.10. The van der Waals surface area contributed by atoms with Crippen LogP contribution in [-0.4, -0.2) is 35.0 Å². The van der Waals surface area contributed by atoms with Crippen LogP contribution in [-0.2, 0) is 16.0 Å². The van der Waals surface area contributed by atoms with Gasteiger partial charge in [-0.25, -0.2) is 4.98 Å². The molecular formula is C16H17N3O6S. The van der Waals surface area contributed by atoms with Crippen LogP contribution >= 0.6 is 11.3 Å². The van der Waals surface area contributed by atoms with Gasteiger partial charge in [0.2, 0.25) is 0 Å². The lowest BCUT2D eigenvalue weighted by atomic mass is 10.1. The van der Waals surface area contributed by atoms with E-state index < -0.39 is 16.8 Å². The molecule has 0 unspecified atom stereocenters. The summed E-state index contributed by atoms with van der Waals surface area (Å²) < 4.78 is 10.0. The zero-order chi connectivity index (χ0) is 19.1. The Morgan fingerprint density at radius 1 is 1.31 bits per heavy atom. The monoisotopic (exact) mass is 379 g/mol. The number of rotatable bonds is 8. The highest BCUT2D eigenvalue weighted by molar-refractivity contribution is 7.14. The number of aromatic nitrogens is 1. The van der Waals surface area contributed by atoms with Gasteiger partial charge in [0, 0.05) is 17.0 Å². The maximum atomic E-state index is 12.3. The fourth-order valence-corrected chi connectivity index (χ4v) is 2.76. The van der Waals surface area contributed by atoms with Gasteiger partial charge >= 0.3 is 11.7 Å². The topological polar surface area (TPSA) is 121 Å². The van der Waals surface area contributed by atoms with Crippen molar-refractivity contribution in [2.75, 3.05) is 18.5 Å². The molecule has 2 aromatic rings. The van der Waals surface area contributed by atoms with Gasteiger partial charge in [0.05, 0.1) is 30.3 Å². The second-order valence-corrected chi connectivity index (χ2v) is 5.81. The van der Waals surface area contributed by atoms with E-state index in [9.17, 15) is 19.7 Å². The average Bonchev–Trinajstić information content (AvgIpc) is 3.02. The van der Waals surface area contributed by atoms with Crippen LogP contribution in [0, 0.1) is 10.1 Å². The van der Waals surface area contributed by atoms with Crippen LogP contribution < -0.4 is 10.1 Å². The Labute approximate surface area is 153 Å². The maximum absolute atomic E-state index is 12.3. The maximum Gasteiger partial charge on any atom is 0.311 e. The number of nitro benzene ring substituents is 1. The molecule has 1 amide bonds. The first kappa shape index (κ1) is 19.3. The number of benzene rings is 1. The highest BCUT2D eigenvalue weighted by Gasteiger charge is 2.19. The molecule has 0 saturated carbocycles. The molecule has 10 heteroatoms. The van der Waals surface area contributed by atoms with Crippen molar-refractivity contribution in [3.63, 3.8) is 0 Å². The molecule has 9 nitrogen and oxygen atoms in total. The number of anilines is 1. The van der Waals surface area contributed by atoms with Crippen LogP contribution in [0.5, 0.6) is 5.75 Å². The molecular weight excluding hydrogens is 362 g/mol. The third kappa shape index (κ3) is 4.99. The molecule has 0 aliphatic rings. The number of hydrogen-bond acceptors (Lipinski definition) is 8. The number of carbonyl (C=O) groups excluding carboxylic acids is 2. The number of esters is 1. The van der Waals surface area contributed by atoms with Crippen molar-refractivity contribution in [1.82, 2.24) is 4.98 Å². The van der Waals surface area contributed by atoms with Crippen molar-refractivity contribution in [3.8, 4) is 5.75 Å².